The van der Waals surface area contributed by atoms with Crippen molar-refractivity contribution in [2.45, 2.75) is 0 Å². The van der Waals surface area contributed by atoms with E-state index in [1.807, 2.05) is 0 Å². The second kappa shape index (κ2) is 7.54. The van der Waals surface area contributed by atoms with Gasteiger partial charge in [-0.15, -0.1) is 0 Å². The highest BCUT2D eigenvalue weighted by molar-refractivity contribution is 5.77. The van der Waals surface area contributed by atoms with Gasteiger partial charge in [-0.3, -0.25) is 10.4 Å². The van der Waals surface area contributed by atoms with Crippen LogP contribution in [0.4, 0.5) is 0 Å². The minimum atomic E-state index is -0.333. The largest absolute Gasteiger partial charge is 0.370 e. The molecular weight excluding hydrogens is 132 g/mol. The van der Waals surface area contributed by atoms with Crippen molar-refractivity contribution in [2.75, 3.05) is 14.1 Å². The van der Waals surface area contributed by atoms with Gasteiger partial charge in [0.2, 0.25) is 0 Å². The molecule has 0 saturated heterocycles. The van der Waals surface area contributed by atoms with Gasteiger partial charge in [0.05, 0.1) is 0 Å². The van der Waals surface area contributed by atoms with E-state index in [1.165, 1.54) is 0 Å². The normalized spacial score (nSPS) is 9.20. The van der Waals surface area contributed by atoms with Gasteiger partial charge in [0.15, 0.2) is 11.9 Å². The summed E-state index contributed by atoms with van der Waals surface area (Å²) in [6, 6.07) is 0. The van der Waals surface area contributed by atoms with Gasteiger partial charge < -0.3 is 22.5 Å². The van der Waals surface area contributed by atoms with Gasteiger partial charge in [-0.2, -0.15) is 0 Å². The highest BCUT2D eigenvalue weighted by Gasteiger charge is 1.71. The minimum Gasteiger partial charge on any atom is -0.370 e. The molecule has 0 rings (SSSR count). The van der Waals surface area contributed by atoms with E-state index in [4.69, 9.17) is 11.1 Å². The van der Waals surface area contributed by atoms with Crippen molar-refractivity contribution >= 4 is 11.9 Å². The van der Waals surface area contributed by atoms with Crippen LogP contribution >= 0.6 is 0 Å². The third kappa shape index (κ3) is 31.1. The maximum atomic E-state index is 6.06. The fourth-order valence-corrected chi connectivity index (χ4v) is 0.112. The smallest absolute Gasteiger partial charge is 0.188 e. The summed E-state index contributed by atoms with van der Waals surface area (Å²) < 4.78 is 0. The van der Waals surface area contributed by atoms with Crippen molar-refractivity contribution in [3.8, 4) is 0 Å². The van der Waals surface area contributed by atoms with E-state index in [0.29, 0.717) is 5.96 Å². The molecule has 0 atom stereocenters. The summed E-state index contributed by atoms with van der Waals surface area (Å²) in [5.41, 5.74) is 14.1. The number of guanidine groups is 2. The molecule has 0 amide bonds. The van der Waals surface area contributed by atoms with Gasteiger partial charge in [0.25, 0.3) is 0 Å². The third-order valence-electron chi connectivity index (χ3n) is 0.497. The molecule has 0 aliphatic carbocycles. The number of hydrogen-bond acceptors (Lipinski definition) is 2. The van der Waals surface area contributed by atoms with Gasteiger partial charge >= 0.3 is 0 Å². The van der Waals surface area contributed by atoms with Crippen molar-refractivity contribution < 1.29 is 0 Å². The van der Waals surface area contributed by atoms with Crippen LogP contribution in [0.25, 0.3) is 0 Å². The highest BCUT2D eigenvalue weighted by atomic mass is 15.1. The molecule has 0 heterocycles. The molecule has 0 aromatic heterocycles. The third-order valence-corrected chi connectivity index (χ3v) is 0.497. The number of hydrogen-bond donors (Lipinski definition) is 5. The van der Waals surface area contributed by atoms with E-state index < -0.39 is 0 Å². The van der Waals surface area contributed by atoms with Crippen LogP contribution in [0.3, 0.4) is 0 Å². The Morgan fingerprint density at radius 3 is 1.70 bits per heavy atom. The predicted octanol–water partition coefficient (Wildman–Crippen LogP) is -2.01. The van der Waals surface area contributed by atoms with E-state index in [-0.39, 0.29) is 5.96 Å². The van der Waals surface area contributed by atoms with E-state index in [2.05, 4.69) is 21.8 Å². The van der Waals surface area contributed by atoms with Crippen molar-refractivity contribution in [2.24, 2.45) is 22.2 Å². The zero-order chi connectivity index (χ0) is 8.57. The summed E-state index contributed by atoms with van der Waals surface area (Å²) in [6.07, 6.45) is 0. The first-order valence-corrected chi connectivity index (χ1v) is 2.54. The zero-order valence-corrected chi connectivity index (χ0v) is 6.18. The lowest BCUT2D eigenvalue weighted by Crippen LogP contribution is -2.27. The molecule has 0 aromatic carbocycles. The first kappa shape index (κ1) is 11.4. The van der Waals surface area contributed by atoms with Crippen LogP contribution in [0.5, 0.6) is 0 Å². The summed E-state index contributed by atoms with van der Waals surface area (Å²) in [4.78, 5) is 3.59. The lowest BCUT2D eigenvalue weighted by molar-refractivity contribution is 1.12. The average Bonchev–Trinajstić information content (AvgIpc) is 1.85. The molecule has 0 bridgehead atoms. The topological polar surface area (TPSA) is 126 Å². The van der Waals surface area contributed by atoms with Gasteiger partial charge in [-0.1, -0.05) is 0 Å². The summed E-state index contributed by atoms with van der Waals surface area (Å²) in [7, 11) is 3.36. The highest BCUT2D eigenvalue weighted by Crippen LogP contribution is 1.48. The molecular formula is C4H14N6. The predicted molar refractivity (Wildman–Crippen MR) is 42.7 cm³/mol. The molecule has 0 spiro atoms. The van der Waals surface area contributed by atoms with E-state index in [1.54, 1.807) is 14.1 Å². The fourth-order valence-electron chi connectivity index (χ4n) is 0.112. The molecule has 8 N–H and O–H groups in total. The first-order valence-electron chi connectivity index (χ1n) is 2.54. The molecule has 60 valence electrons. The maximum absolute atomic E-state index is 6.06. The van der Waals surface area contributed by atoms with Crippen molar-refractivity contribution in [3.63, 3.8) is 0 Å². The Morgan fingerprint density at radius 1 is 1.40 bits per heavy atom. The van der Waals surface area contributed by atoms with E-state index in [9.17, 15) is 0 Å². The Morgan fingerprint density at radius 2 is 1.70 bits per heavy atom. The van der Waals surface area contributed by atoms with Crippen LogP contribution in [0.1, 0.15) is 0 Å². The van der Waals surface area contributed by atoms with Gasteiger partial charge in [-0.05, 0) is 0 Å². The number of nitrogens with zero attached hydrogens (tertiary/aromatic N) is 1. The van der Waals surface area contributed by atoms with Crippen LogP contribution in [-0.4, -0.2) is 26.0 Å². The minimum absolute atomic E-state index is 0.333. The van der Waals surface area contributed by atoms with Crippen molar-refractivity contribution in [3.05, 3.63) is 0 Å². The fraction of sp³-hybridized carbons (Fsp3) is 0.500. The second-order valence-corrected chi connectivity index (χ2v) is 1.31. The SMILES string of the molecule is CN=C(N)NC.N=C(N)N. The summed E-state index contributed by atoms with van der Waals surface area (Å²) in [5, 5.41) is 8.70. The molecule has 0 radical (unpaired) electrons. The number of nitrogens with two attached hydrogens (primary N) is 3. The lowest BCUT2D eigenvalue weighted by atomic mass is 11.0. The monoisotopic (exact) mass is 146 g/mol. The Hall–Kier alpha value is -1.46. The molecule has 0 aliphatic rings. The van der Waals surface area contributed by atoms with Crippen LogP contribution < -0.4 is 22.5 Å². The summed E-state index contributed by atoms with van der Waals surface area (Å²) >= 11 is 0. The Kier molecular flexibility index (Phi) is 8.56. The van der Waals surface area contributed by atoms with Gasteiger partial charge in [0.1, 0.15) is 0 Å². The van der Waals surface area contributed by atoms with Crippen LogP contribution in [0, 0.1) is 5.41 Å². The van der Waals surface area contributed by atoms with Crippen molar-refractivity contribution in [1.29, 1.82) is 5.41 Å². The van der Waals surface area contributed by atoms with Crippen LogP contribution in [0.15, 0.2) is 4.99 Å². The quantitative estimate of drug-likeness (QED) is 0.200. The molecule has 10 heavy (non-hydrogen) atoms. The number of rotatable bonds is 0. The molecule has 0 aliphatic heterocycles. The van der Waals surface area contributed by atoms with Crippen LogP contribution in [0.2, 0.25) is 0 Å². The molecule has 0 saturated carbocycles. The molecule has 0 unspecified atom stereocenters. The summed E-state index contributed by atoms with van der Waals surface area (Å²) in [6.45, 7) is 0. The molecule has 0 fully saturated rings. The molecule has 6 heteroatoms. The Balaban J connectivity index is 0. The summed E-state index contributed by atoms with van der Waals surface area (Å²) in [5.74, 6) is 0.134. The second-order valence-electron chi connectivity index (χ2n) is 1.31. The van der Waals surface area contributed by atoms with E-state index >= 15 is 0 Å². The molecule has 0 aromatic rings. The lowest BCUT2D eigenvalue weighted by Gasteiger charge is -1.90. The van der Waals surface area contributed by atoms with Crippen LogP contribution in [-0.2, 0) is 0 Å². The standard InChI is InChI=1S/C3H9N3.CH5N3/c1-5-3(4)6-2;2-1(3)4/h1-2H3,(H3,4,5,6);(H5,2,3,4). The average molecular weight is 146 g/mol. The molecule has 6 nitrogen and oxygen atoms in total. The van der Waals surface area contributed by atoms with Gasteiger partial charge in [0, 0.05) is 14.1 Å². The number of nitrogens with one attached hydrogen (secondary N) is 2. The Labute approximate surface area is 60.0 Å². The maximum Gasteiger partial charge on any atom is 0.188 e. The van der Waals surface area contributed by atoms with Gasteiger partial charge in [-0.25, -0.2) is 0 Å². The number of aliphatic imine (C=N–C) groups is 1. The van der Waals surface area contributed by atoms with Crippen molar-refractivity contribution in [1.82, 2.24) is 5.32 Å². The zero-order valence-electron chi connectivity index (χ0n) is 6.18. The Bertz CT molecular complexity index is 113. The van der Waals surface area contributed by atoms with E-state index in [0.717, 1.165) is 0 Å². The first-order chi connectivity index (χ1) is 4.54.